The summed E-state index contributed by atoms with van der Waals surface area (Å²) in [6.45, 7) is 0. The molecule has 3 nitrogen and oxygen atoms in total. The maximum absolute atomic E-state index is 6.25. The summed E-state index contributed by atoms with van der Waals surface area (Å²) in [5, 5.41) is 0.849. The lowest BCUT2D eigenvalue weighted by molar-refractivity contribution is 1.23. The molecule has 6 heteroatoms. The first kappa shape index (κ1) is 14.3. The van der Waals surface area contributed by atoms with Gasteiger partial charge < -0.3 is 0 Å². The van der Waals surface area contributed by atoms with E-state index in [9.17, 15) is 0 Å². The van der Waals surface area contributed by atoms with E-state index in [0.29, 0.717) is 16.4 Å². The molecule has 3 heterocycles. The summed E-state index contributed by atoms with van der Waals surface area (Å²) in [6.07, 6.45) is 4.85. The molecule has 0 spiro atoms. The van der Waals surface area contributed by atoms with Crippen LogP contribution >= 0.6 is 34.8 Å². The number of aromatic nitrogens is 3. The van der Waals surface area contributed by atoms with Crippen molar-refractivity contribution in [3.63, 3.8) is 0 Å². The van der Waals surface area contributed by atoms with E-state index in [1.165, 1.54) is 6.20 Å². The summed E-state index contributed by atoms with van der Waals surface area (Å²) in [7, 11) is 0. The van der Waals surface area contributed by atoms with Crippen molar-refractivity contribution in [2.24, 2.45) is 0 Å². The summed E-state index contributed by atoms with van der Waals surface area (Å²) >= 11 is 18.3. The fourth-order valence-corrected chi connectivity index (χ4v) is 2.50. The minimum atomic E-state index is 0.265. The van der Waals surface area contributed by atoms with Crippen LogP contribution in [0.15, 0.2) is 48.9 Å². The Morgan fingerprint density at radius 3 is 2.29 bits per heavy atom. The highest BCUT2D eigenvalue weighted by Gasteiger charge is 2.17. The van der Waals surface area contributed by atoms with Crippen molar-refractivity contribution < 1.29 is 0 Å². The lowest BCUT2D eigenvalue weighted by Gasteiger charge is -2.10. The van der Waals surface area contributed by atoms with E-state index in [1.807, 2.05) is 30.3 Å². The van der Waals surface area contributed by atoms with Gasteiger partial charge in [0.15, 0.2) is 0 Å². The number of pyridine rings is 3. The molecule has 3 aromatic rings. The zero-order valence-electron chi connectivity index (χ0n) is 10.6. The van der Waals surface area contributed by atoms with Crippen molar-refractivity contribution in [3.05, 3.63) is 64.0 Å². The van der Waals surface area contributed by atoms with Crippen LogP contribution in [-0.4, -0.2) is 15.0 Å². The molecule has 0 aliphatic carbocycles. The van der Waals surface area contributed by atoms with Gasteiger partial charge in [0, 0.05) is 24.2 Å². The first-order valence-corrected chi connectivity index (χ1v) is 7.18. The largest absolute Gasteiger partial charge is 0.256 e. The van der Waals surface area contributed by atoms with Gasteiger partial charge in [0.25, 0.3) is 0 Å². The molecule has 3 rings (SSSR count). The van der Waals surface area contributed by atoms with Gasteiger partial charge in [-0.25, -0.2) is 0 Å². The SMILES string of the molecule is Clc1cnc(-c2ncccc2-c2ccccn2)c(Cl)c1Cl. The maximum Gasteiger partial charge on any atom is 0.110 e. The average molecular weight is 337 g/mol. The lowest BCUT2D eigenvalue weighted by Crippen LogP contribution is -1.94. The van der Waals surface area contributed by atoms with Gasteiger partial charge in [-0.1, -0.05) is 40.9 Å². The molecule has 0 aliphatic heterocycles. The van der Waals surface area contributed by atoms with Crippen LogP contribution in [0.25, 0.3) is 22.6 Å². The molecule has 0 fully saturated rings. The van der Waals surface area contributed by atoms with Gasteiger partial charge >= 0.3 is 0 Å². The van der Waals surface area contributed by atoms with E-state index in [-0.39, 0.29) is 10.0 Å². The van der Waals surface area contributed by atoms with E-state index in [2.05, 4.69) is 15.0 Å². The van der Waals surface area contributed by atoms with E-state index in [0.717, 1.165) is 11.3 Å². The molecule has 21 heavy (non-hydrogen) atoms. The van der Waals surface area contributed by atoms with Crippen LogP contribution in [0.1, 0.15) is 0 Å². The molecular weight excluding hydrogens is 329 g/mol. The maximum atomic E-state index is 6.25. The average Bonchev–Trinajstić information content (AvgIpc) is 2.54. The molecule has 0 saturated heterocycles. The smallest absolute Gasteiger partial charge is 0.110 e. The normalized spacial score (nSPS) is 10.6. The Hall–Kier alpha value is -1.68. The molecule has 0 aromatic carbocycles. The monoisotopic (exact) mass is 335 g/mol. The van der Waals surface area contributed by atoms with Crippen LogP contribution in [0.5, 0.6) is 0 Å². The highest BCUT2D eigenvalue weighted by atomic mass is 35.5. The summed E-state index contributed by atoms with van der Waals surface area (Å²) in [6, 6.07) is 9.39. The predicted molar refractivity (Wildman–Crippen MR) is 85.7 cm³/mol. The topological polar surface area (TPSA) is 38.7 Å². The van der Waals surface area contributed by atoms with E-state index >= 15 is 0 Å². The van der Waals surface area contributed by atoms with Crippen molar-refractivity contribution in [2.45, 2.75) is 0 Å². The van der Waals surface area contributed by atoms with Crippen LogP contribution in [0.2, 0.25) is 15.1 Å². The number of hydrogen-bond acceptors (Lipinski definition) is 3. The van der Waals surface area contributed by atoms with Gasteiger partial charge in [-0.3, -0.25) is 15.0 Å². The highest BCUT2D eigenvalue weighted by Crippen LogP contribution is 2.38. The molecule has 0 radical (unpaired) electrons. The lowest BCUT2D eigenvalue weighted by atomic mass is 10.1. The molecule has 0 bridgehead atoms. The summed E-state index contributed by atoms with van der Waals surface area (Å²) in [4.78, 5) is 13.0. The van der Waals surface area contributed by atoms with Crippen molar-refractivity contribution in [3.8, 4) is 22.6 Å². The third-order valence-electron chi connectivity index (χ3n) is 2.89. The third kappa shape index (κ3) is 2.72. The molecule has 3 aromatic heterocycles. The van der Waals surface area contributed by atoms with Gasteiger partial charge in [-0.2, -0.15) is 0 Å². The zero-order valence-corrected chi connectivity index (χ0v) is 12.9. The standard InChI is InChI=1S/C15H8Cl3N3/c16-10-8-21-15(13(18)12(10)17)14-9(4-3-7-20-14)11-5-1-2-6-19-11/h1-8H. The Morgan fingerprint density at radius 1 is 0.714 bits per heavy atom. The molecule has 0 aliphatic rings. The van der Waals surface area contributed by atoms with Gasteiger partial charge in [-0.05, 0) is 24.3 Å². The Bertz CT molecular complexity index is 791. The molecule has 0 atom stereocenters. The van der Waals surface area contributed by atoms with Crippen molar-refractivity contribution in [1.82, 2.24) is 15.0 Å². The van der Waals surface area contributed by atoms with Crippen molar-refractivity contribution >= 4 is 34.8 Å². The molecule has 104 valence electrons. The number of hydrogen-bond donors (Lipinski definition) is 0. The van der Waals surface area contributed by atoms with E-state index < -0.39 is 0 Å². The number of nitrogens with zero attached hydrogens (tertiary/aromatic N) is 3. The molecule has 0 N–H and O–H groups in total. The predicted octanol–water partition coefficient (Wildman–Crippen LogP) is 5.17. The summed E-state index contributed by atoms with van der Waals surface area (Å²) in [5.41, 5.74) is 2.70. The minimum absolute atomic E-state index is 0.265. The van der Waals surface area contributed by atoms with Gasteiger partial charge in [0.05, 0.1) is 26.5 Å². The molecular formula is C15H8Cl3N3. The summed E-state index contributed by atoms with van der Waals surface area (Å²) < 4.78 is 0. The number of halogens is 3. The van der Waals surface area contributed by atoms with Gasteiger partial charge in [-0.15, -0.1) is 0 Å². The zero-order chi connectivity index (χ0) is 14.8. The second-order valence-electron chi connectivity index (χ2n) is 4.20. The fraction of sp³-hybridized carbons (Fsp3) is 0. The van der Waals surface area contributed by atoms with Gasteiger partial charge in [0.1, 0.15) is 5.69 Å². The fourth-order valence-electron chi connectivity index (χ4n) is 1.93. The molecule has 0 saturated carbocycles. The Kier molecular flexibility index (Phi) is 4.06. The summed E-state index contributed by atoms with van der Waals surface area (Å²) in [5.74, 6) is 0. The van der Waals surface area contributed by atoms with Crippen LogP contribution in [-0.2, 0) is 0 Å². The highest BCUT2D eigenvalue weighted by molar-refractivity contribution is 6.48. The van der Waals surface area contributed by atoms with Crippen LogP contribution in [0.3, 0.4) is 0 Å². The molecule has 0 amide bonds. The minimum Gasteiger partial charge on any atom is -0.256 e. The van der Waals surface area contributed by atoms with E-state index in [1.54, 1.807) is 12.4 Å². The number of rotatable bonds is 2. The quantitative estimate of drug-likeness (QED) is 0.648. The van der Waals surface area contributed by atoms with E-state index in [4.69, 9.17) is 34.8 Å². The Morgan fingerprint density at radius 2 is 1.52 bits per heavy atom. The van der Waals surface area contributed by atoms with Crippen molar-refractivity contribution in [2.75, 3.05) is 0 Å². The first-order chi connectivity index (χ1) is 10.2. The van der Waals surface area contributed by atoms with Crippen molar-refractivity contribution in [1.29, 1.82) is 0 Å². The van der Waals surface area contributed by atoms with Gasteiger partial charge in [0.2, 0.25) is 0 Å². The molecule has 0 unspecified atom stereocenters. The Balaban J connectivity index is 2.23. The second-order valence-corrected chi connectivity index (χ2v) is 5.36. The van der Waals surface area contributed by atoms with Crippen LogP contribution in [0.4, 0.5) is 0 Å². The van der Waals surface area contributed by atoms with Crippen LogP contribution in [0, 0.1) is 0 Å². The Labute approximate surface area is 136 Å². The van der Waals surface area contributed by atoms with Crippen LogP contribution < -0.4 is 0 Å². The third-order valence-corrected chi connectivity index (χ3v) is 4.13. The first-order valence-electron chi connectivity index (χ1n) is 6.05. The second kappa shape index (κ2) is 5.98.